The molecule has 0 amide bonds. The highest BCUT2D eigenvalue weighted by atomic mass is 16.5. The van der Waals surface area contributed by atoms with Crippen LogP contribution in [0.5, 0.6) is 5.75 Å². The predicted octanol–water partition coefficient (Wildman–Crippen LogP) is 5.29. The van der Waals surface area contributed by atoms with Gasteiger partial charge in [0.25, 0.3) is 0 Å². The van der Waals surface area contributed by atoms with Crippen LogP contribution in [-0.4, -0.2) is 70.4 Å². The molecule has 0 spiro atoms. The van der Waals surface area contributed by atoms with Gasteiger partial charge in [-0.15, -0.1) is 0 Å². The molecule has 5 rings (SSSR count). The van der Waals surface area contributed by atoms with Crippen LogP contribution in [0.3, 0.4) is 0 Å². The summed E-state index contributed by atoms with van der Waals surface area (Å²) >= 11 is 0. The van der Waals surface area contributed by atoms with Gasteiger partial charge in [-0.25, -0.2) is 9.97 Å². The number of fused-ring (bicyclic) bond motifs is 1. The molecule has 2 aromatic heterocycles. The number of imidazole rings is 1. The second-order valence-corrected chi connectivity index (χ2v) is 12.9. The molecule has 3 aromatic rings. The van der Waals surface area contributed by atoms with E-state index >= 15 is 0 Å². The molecule has 1 aliphatic heterocycles. The van der Waals surface area contributed by atoms with Gasteiger partial charge in [0.05, 0.1) is 19.0 Å². The number of rotatable bonds is 9. The molecule has 0 bridgehead atoms. The Hall–Kier alpha value is -2.68. The summed E-state index contributed by atoms with van der Waals surface area (Å²) in [6.07, 6.45) is 12.0. The zero-order chi connectivity index (χ0) is 28.3. The van der Waals surface area contributed by atoms with Crippen LogP contribution in [0.25, 0.3) is 16.9 Å². The number of methoxy groups -OCH3 is 1. The van der Waals surface area contributed by atoms with Gasteiger partial charge in [-0.2, -0.15) is 0 Å². The molecule has 1 saturated carbocycles. The van der Waals surface area contributed by atoms with E-state index in [4.69, 9.17) is 14.7 Å². The Morgan fingerprint density at radius 2 is 1.88 bits per heavy atom. The van der Waals surface area contributed by atoms with E-state index in [2.05, 4.69) is 59.9 Å². The molecule has 3 N–H and O–H groups in total. The van der Waals surface area contributed by atoms with Crippen LogP contribution in [-0.2, 0) is 0 Å². The first kappa shape index (κ1) is 28.8. The third-order valence-corrected chi connectivity index (χ3v) is 9.55. The van der Waals surface area contributed by atoms with Crippen molar-refractivity contribution in [1.82, 2.24) is 24.6 Å². The van der Waals surface area contributed by atoms with Gasteiger partial charge in [-0.1, -0.05) is 20.8 Å². The average Bonchev–Trinajstić information content (AvgIpc) is 3.33. The normalized spacial score (nSPS) is 25.0. The molecule has 40 heavy (non-hydrogen) atoms. The lowest BCUT2D eigenvalue weighted by Gasteiger charge is -2.40. The predicted molar refractivity (Wildman–Crippen MR) is 162 cm³/mol. The van der Waals surface area contributed by atoms with Gasteiger partial charge in [-0.3, -0.25) is 9.72 Å². The van der Waals surface area contributed by atoms with Crippen molar-refractivity contribution in [2.75, 3.05) is 39.1 Å². The van der Waals surface area contributed by atoms with Gasteiger partial charge in [0, 0.05) is 29.9 Å². The van der Waals surface area contributed by atoms with Crippen molar-refractivity contribution >= 4 is 11.5 Å². The SMILES string of the molecule is COc1ccc(-c2cnc3c(NC4CCC(C)(C)C(C(O)NCCC5CCN(C)CC5)C(C)C4)nccn23)cc1. The Labute approximate surface area is 239 Å². The van der Waals surface area contributed by atoms with Gasteiger partial charge in [0.2, 0.25) is 0 Å². The number of aromatic nitrogens is 3. The van der Waals surface area contributed by atoms with Crippen molar-refractivity contribution in [2.24, 2.45) is 23.2 Å². The zero-order valence-electron chi connectivity index (χ0n) is 24.9. The van der Waals surface area contributed by atoms with Gasteiger partial charge in [0.1, 0.15) is 12.0 Å². The molecule has 2 fully saturated rings. The van der Waals surface area contributed by atoms with Crippen LogP contribution in [0.4, 0.5) is 5.82 Å². The van der Waals surface area contributed by atoms with E-state index in [0.717, 1.165) is 66.6 Å². The second kappa shape index (κ2) is 12.5. The maximum absolute atomic E-state index is 11.4. The molecule has 3 heterocycles. The number of hydrogen-bond acceptors (Lipinski definition) is 7. The van der Waals surface area contributed by atoms with Crippen molar-refractivity contribution in [1.29, 1.82) is 0 Å². The van der Waals surface area contributed by atoms with Gasteiger partial charge in [-0.05, 0) is 107 Å². The lowest BCUT2D eigenvalue weighted by atomic mass is 9.70. The van der Waals surface area contributed by atoms with Crippen LogP contribution in [0, 0.1) is 23.2 Å². The highest BCUT2D eigenvalue weighted by Crippen LogP contribution is 2.44. The maximum atomic E-state index is 11.4. The molecule has 1 aliphatic carbocycles. The minimum absolute atomic E-state index is 0.0318. The molecule has 8 nitrogen and oxygen atoms in total. The van der Waals surface area contributed by atoms with Crippen molar-refractivity contribution in [3.05, 3.63) is 42.9 Å². The topological polar surface area (TPSA) is 86.9 Å². The molecule has 1 aromatic carbocycles. The molecular formula is C32H48N6O2. The Balaban J connectivity index is 1.24. The maximum Gasteiger partial charge on any atom is 0.180 e. The smallest absolute Gasteiger partial charge is 0.180 e. The summed E-state index contributed by atoms with van der Waals surface area (Å²) in [6, 6.07) is 8.32. The minimum atomic E-state index is -0.490. The fourth-order valence-electron chi connectivity index (χ4n) is 7.17. The van der Waals surface area contributed by atoms with E-state index in [0.29, 0.717) is 5.92 Å². The van der Waals surface area contributed by atoms with E-state index in [1.54, 1.807) is 7.11 Å². The number of nitrogens with one attached hydrogen (secondary N) is 2. The van der Waals surface area contributed by atoms with Gasteiger partial charge < -0.3 is 20.1 Å². The summed E-state index contributed by atoms with van der Waals surface area (Å²) in [6.45, 7) is 10.2. The van der Waals surface area contributed by atoms with E-state index in [1.807, 2.05) is 30.7 Å². The number of hydrogen-bond donors (Lipinski definition) is 3. The molecule has 0 radical (unpaired) electrons. The number of aliphatic hydroxyl groups excluding tert-OH is 1. The first-order chi connectivity index (χ1) is 19.2. The zero-order valence-corrected chi connectivity index (χ0v) is 24.9. The number of likely N-dealkylation sites (tertiary alicyclic amines) is 1. The summed E-state index contributed by atoms with van der Waals surface area (Å²) in [4.78, 5) is 11.9. The summed E-state index contributed by atoms with van der Waals surface area (Å²) in [5.74, 6) is 2.96. The van der Waals surface area contributed by atoms with Gasteiger partial charge in [0.15, 0.2) is 11.5 Å². The van der Waals surface area contributed by atoms with E-state index in [9.17, 15) is 5.11 Å². The lowest BCUT2D eigenvalue weighted by molar-refractivity contribution is -0.0190. The summed E-state index contributed by atoms with van der Waals surface area (Å²) < 4.78 is 7.42. The Bertz CT molecular complexity index is 1230. The molecule has 2 aliphatic rings. The second-order valence-electron chi connectivity index (χ2n) is 12.9. The fraction of sp³-hybridized carbons (Fsp3) is 0.625. The molecule has 8 heteroatoms. The first-order valence-electron chi connectivity index (χ1n) is 15.1. The Morgan fingerprint density at radius 3 is 2.60 bits per heavy atom. The largest absolute Gasteiger partial charge is 0.497 e. The first-order valence-corrected chi connectivity index (χ1v) is 15.1. The molecule has 1 saturated heterocycles. The molecule has 4 atom stereocenters. The highest BCUT2D eigenvalue weighted by molar-refractivity contribution is 5.71. The summed E-state index contributed by atoms with van der Waals surface area (Å²) in [5.41, 5.74) is 2.96. The quantitative estimate of drug-likeness (QED) is 0.247. The number of piperidine rings is 1. The molecule has 218 valence electrons. The van der Waals surface area contributed by atoms with Crippen molar-refractivity contribution in [2.45, 2.75) is 71.6 Å². The van der Waals surface area contributed by atoms with Crippen LogP contribution < -0.4 is 15.4 Å². The number of nitrogens with zero attached hydrogens (tertiary/aromatic N) is 4. The third-order valence-electron chi connectivity index (χ3n) is 9.55. The van der Waals surface area contributed by atoms with E-state index in [-0.39, 0.29) is 17.4 Å². The van der Waals surface area contributed by atoms with Crippen molar-refractivity contribution < 1.29 is 9.84 Å². The Morgan fingerprint density at radius 1 is 1.12 bits per heavy atom. The third kappa shape index (κ3) is 6.45. The summed E-state index contributed by atoms with van der Waals surface area (Å²) in [7, 11) is 3.89. The summed E-state index contributed by atoms with van der Waals surface area (Å²) in [5, 5.41) is 18.6. The van der Waals surface area contributed by atoms with Crippen molar-refractivity contribution in [3.8, 4) is 17.0 Å². The van der Waals surface area contributed by atoms with Gasteiger partial charge >= 0.3 is 0 Å². The van der Waals surface area contributed by atoms with Crippen LogP contribution in [0.2, 0.25) is 0 Å². The van der Waals surface area contributed by atoms with E-state index in [1.165, 1.54) is 25.9 Å². The number of ether oxygens (including phenoxy) is 1. The molecular weight excluding hydrogens is 500 g/mol. The van der Waals surface area contributed by atoms with E-state index < -0.39 is 6.23 Å². The fourth-order valence-corrected chi connectivity index (χ4v) is 7.17. The van der Waals surface area contributed by atoms with Crippen LogP contribution >= 0.6 is 0 Å². The number of anilines is 1. The monoisotopic (exact) mass is 548 g/mol. The lowest BCUT2D eigenvalue weighted by Crippen LogP contribution is -2.46. The standard InChI is InChI=1S/C32H48N6O2/c1-22-20-25(10-14-32(2,3)28(22)31(39)34-15-11-23-12-17-37(4)18-13-23)36-29-30-35-21-27(38(30)19-16-33-29)24-6-8-26(40-5)9-7-24/h6-9,16,19,21-23,25,28,31,34,39H,10-15,17-18,20H2,1-5H3,(H,33,36). The number of aliphatic hydroxyl groups is 1. The van der Waals surface area contributed by atoms with Crippen molar-refractivity contribution in [3.63, 3.8) is 0 Å². The number of benzene rings is 1. The minimum Gasteiger partial charge on any atom is -0.497 e. The van der Waals surface area contributed by atoms with Crippen LogP contribution in [0.1, 0.15) is 59.3 Å². The average molecular weight is 549 g/mol. The Kier molecular flexibility index (Phi) is 8.98. The highest BCUT2D eigenvalue weighted by Gasteiger charge is 2.42. The van der Waals surface area contributed by atoms with Crippen LogP contribution in [0.15, 0.2) is 42.9 Å². The molecule has 4 unspecified atom stereocenters.